The van der Waals surface area contributed by atoms with Gasteiger partial charge in [-0.05, 0) is 61.5 Å². The number of hydrogen-bond donors (Lipinski definition) is 0. The molecule has 2 unspecified atom stereocenters. The molecule has 0 saturated carbocycles. The molecule has 7 heteroatoms. The summed E-state index contributed by atoms with van der Waals surface area (Å²) in [4.78, 5) is 0. The van der Waals surface area contributed by atoms with Crippen LogP contribution in [-0.4, -0.2) is 45.0 Å². The van der Waals surface area contributed by atoms with Gasteiger partial charge in [0.15, 0.2) is 0 Å². The fraction of sp³-hybridized carbons (Fsp3) is 0.917. The molecule has 0 spiro atoms. The van der Waals surface area contributed by atoms with Crippen molar-refractivity contribution in [3.63, 3.8) is 0 Å². The molecule has 0 aliphatic carbocycles. The third-order valence-corrected chi connectivity index (χ3v) is 10.5. The van der Waals surface area contributed by atoms with E-state index in [0.717, 1.165) is 34.8 Å². The van der Waals surface area contributed by atoms with E-state index in [1.165, 1.54) is 74.4 Å². The third-order valence-electron chi connectivity index (χ3n) is 4.30. The second kappa shape index (κ2) is 29.7. The van der Waals surface area contributed by atoms with E-state index in [4.69, 9.17) is 34.7 Å². The molecule has 2 nitrogen and oxygen atoms in total. The van der Waals surface area contributed by atoms with Crippen molar-refractivity contribution in [1.29, 1.82) is 0 Å². The third kappa shape index (κ3) is 24.6. The topological polar surface area (TPSA) is 18.5 Å². The van der Waals surface area contributed by atoms with E-state index in [1.807, 2.05) is 0 Å². The number of ether oxygens (including phenoxy) is 2. The molecule has 0 heterocycles. The Hall–Kier alpha value is 1.68. The minimum absolute atomic E-state index is 0. The van der Waals surface area contributed by atoms with Crippen LogP contribution < -0.4 is 0 Å². The summed E-state index contributed by atoms with van der Waals surface area (Å²) in [6.45, 7) is 14.9. The van der Waals surface area contributed by atoms with Crippen molar-refractivity contribution in [2.24, 2.45) is 0 Å². The van der Waals surface area contributed by atoms with Gasteiger partial charge in [0.25, 0.3) is 0 Å². The quantitative estimate of drug-likeness (QED) is 0.0823. The zero-order valence-corrected chi connectivity index (χ0v) is 27.7. The van der Waals surface area contributed by atoms with Gasteiger partial charge in [0.1, 0.15) is 0 Å². The molecule has 0 aromatic heterocycles. The van der Waals surface area contributed by atoms with Crippen LogP contribution in [0, 0.1) is 0 Å². The van der Waals surface area contributed by atoms with Gasteiger partial charge in [-0.25, -0.2) is 0 Å². The predicted octanol–water partition coefficient (Wildman–Crippen LogP) is 7.83. The van der Waals surface area contributed by atoms with Crippen molar-refractivity contribution in [2.75, 3.05) is 36.2 Å². The Labute approximate surface area is 224 Å². The molecule has 0 fully saturated rings. The summed E-state index contributed by atoms with van der Waals surface area (Å²) in [6, 6.07) is 0. The van der Waals surface area contributed by atoms with Crippen LogP contribution in [0.3, 0.4) is 0 Å². The van der Waals surface area contributed by atoms with E-state index in [2.05, 4.69) is 41.5 Å². The molecule has 0 radical (unpaired) electrons. The van der Waals surface area contributed by atoms with Gasteiger partial charge in [-0.15, -0.1) is 0 Å². The normalized spacial score (nSPS) is 13.5. The van der Waals surface area contributed by atoms with E-state index >= 15 is 0 Å². The summed E-state index contributed by atoms with van der Waals surface area (Å²) in [7, 11) is 0.473. The molecule has 0 rings (SSSR count). The van der Waals surface area contributed by atoms with Gasteiger partial charge in [0.2, 0.25) is 0 Å². The molecule has 31 heavy (non-hydrogen) atoms. The molecule has 0 saturated heterocycles. The van der Waals surface area contributed by atoms with E-state index in [9.17, 15) is 0 Å². The maximum atomic E-state index is 5.64. The smallest absolute Gasteiger partial charge is 0.725 e. The maximum absolute atomic E-state index is 5.64. The largest absolute Gasteiger partial charge is 2.00 e. The SMILES string of the molecule is CCCCOC([S-])=S(CCC)CCCC.CCCCOC([S-])=S(CCC)CCCC.[Zn+2]. The minimum Gasteiger partial charge on any atom is -0.725 e. The Kier molecular flexibility index (Phi) is 35.7. The molecule has 0 amide bonds. The van der Waals surface area contributed by atoms with Crippen LogP contribution in [0.25, 0.3) is 0 Å². The average molecular weight is 564 g/mol. The first kappa shape index (κ1) is 37.2. The first-order chi connectivity index (χ1) is 14.5. The predicted molar refractivity (Wildman–Crippen MR) is 152 cm³/mol. The van der Waals surface area contributed by atoms with Gasteiger partial charge in [-0.2, -0.15) is 21.0 Å². The van der Waals surface area contributed by atoms with E-state index in [-0.39, 0.29) is 40.4 Å². The summed E-state index contributed by atoms with van der Waals surface area (Å²) >= 11 is 10.7. The van der Waals surface area contributed by atoms with Crippen molar-refractivity contribution in [3.8, 4) is 0 Å². The molecule has 0 aromatic rings. The Morgan fingerprint density at radius 3 is 1.10 bits per heavy atom. The van der Waals surface area contributed by atoms with E-state index < -0.39 is 0 Å². The van der Waals surface area contributed by atoms with Gasteiger partial charge < -0.3 is 34.7 Å². The minimum atomic E-state index is 0. The zero-order chi connectivity index (χ0) is 23.0. The van der Waals surface area contributed by atoms with Crippen molar-refractivity contribution < 1.29 is 29.0 Å². The summed E-state index contributed by atoms with van der Waals surface area (Å²) in [5.74, 6) is 4.89. The van der Waals surface area contributed by atoms with Crippen molar-refractivity contribution in [1.82, 2.24) is 0 Å². The number of rotatable bonds is 16. The molecule has 0 bridgehead atoms. The molecule has 0 aromatic carbocycles. The molecular weight excluding hydrogens is 514 g/mol. The average Bonchev–Trinajstić information content (AvgIpc) is 2.74. The molecule has 0 aliphatic heterocycles. The van der Waals surface area contributed by atoms with Crippen LogP contribution in [0.5, 0.6) is 0 Å². The van der Waals surface area contributed by atoms with Crippen molar-refractivity contribution >= 4 is 55.0 Å². The molecule has 2 atom stereocenters. The molecular formula is C24H50O2S4Zn. The van der Waals surface area contributed by atoms with Crippen LogP contribution >= 0.6 is 21.0 Å². The van der Waals surface area contributed by atoms with Gasteiger partial charge >= 0.3 is 19.5 Å². The van der Waals surface area contributed by atoms with Crippen molar-refractivity contribution in [3.05, 3.63) is 0 Å². The van der Waals surface area contributed by atoms with Crippen LogP contribution in [0.2, 0.25) is 0 Å². The Bertz CT molecular complexity index is 403. The Morgan fingerprint density at radius 1 is 0.516 bits per heavy atom. The van der Waals surface area contributed by atoms with Gasteiger partial charge in [-0.1, -0.05) is 76.0 Å². The van der Waals surface area contributed by atoms with Crippen LogP contribution in [-0.2, 0) is 54.2 Å². The summed E-state index contributed by atoms with van der Waals surface area (Å²) in [6.07, 6.45) is 12.1. The van der Waals surface area contributed by atoms with Crippen LogP contribution in [0.15, 0.2) is 0 Å². The van der Waals surface area contributed by atoms with E-state index in [1.54, 1.807) is 0 Å². The van der Waals surface area contributed by atoms with Crippen LogP contribution in [0.4, 0.5) is 0 Å². The number of unbranched alkanes of at least 4 members (excludes halogenated alkanes) is 4. The monoisotopic (exact) mass is 562 g/mol. The standard InChI is InChI=1S/2C12H26OS2.Zn/c2*1-4-7-9-13-12(14)15(10-6-3)11-8-5-2;/h2*14H,4-11H2,1-3H3;/q;;+2/p-2. The molecule has 0 N–H and O–H groups in total. The summed E-state index contributed by atoms with van der Waals surface area (Å²) in [5, 5.41) is 0. The van der Waals surface area contributed by atoms with Gasteiger partial charge in [-0.3, -0.25) is 0 Å². The second-order valence-corrected chi connectivity index (χ2v) is 13.0. The fourth-order valence-corrected chi connectivity index (χ4v) is 7.44. The molecule has 0 aliphatic rings. The van der Waals surface area contributed by atoms with Crippen LogP contribution in [0.1, 0.15) is 106 Å². The second-order valence-electron chi connectivity index (χ2n) is 7.41. The Morgan fingerprint density at radius 2 is 0.839 bits per heavy atom. The summed E-state index contributed by atoms with van der Waals surface area (Å²) in [5.41, 5.74) is 0. The van der Waals surface area contributed by atoms with Gasteiger partial charge in [0.05, 0.1) is 13.2 Å². The molecule has 184 valence electrons. The first-order valence-electron chi connectivity index (χ1n) is 12.2. The first-order valence-corrected chi connectivity index (χ1v) is 16.1. The van der Waals surface area contributed by atoms with Crippen molar-refractivity contribution in [2.45, 2.75) is 106 Å². The number of hydrogen-bond acceptors (Lipinski definition) is 4. The van der Waals surface area contributed by atoms with Gasteiger partial charge in [0, 0.05) is 0 Å². The van der Waals surface area contributed by atoms with E-state index in [0.29, 0.717) is 0 Å². The maximum Gasteiger partial charge on any atom is 2.00 e. The fourth-order valence-electron chi connectivity index (χ4n) is 2.43. The Balaban J connectivity index is -0.000000490. The zero-order valence-electron chi connectivity index (χ0n) is 21.5. The summed E-state index contributed by atoms with van der Waals surface area (Å²) < 4.78 is 13.1.